The van der Waals surface area contributed by atoms with Crippen LogP contribution >= 0.6 is 0 Å². The van der Waals surface area contributed by atoms with Gasteiger partial charge in [-0.3, -0.25) is 4.79 Å². The third kappa shape index (κ3) is 9.35. The summed E-state index contributed by atoms with van der Waals surface area (Å²) >= 11 is 0. The second-order valence-electron chi connectivity index (χ2n) is 10.2. The molecular weight excluding hydrogens is 520 g/mol. The minimum Gasteiger partial charge on any atom is -0.463 e. The second-order valence-corrected chi connectivity index (χ2v) is 10.2. The second kappa shape index (κ2) is 16.2. The fraction of sp³-hybridized carbons (Fsp3) is 0.382. The molecule has 4 rings (SSSR count). The Labute approximate surface area is 243 Å². The summed E-state index contributed by atoms with van der Waals surface area (Å²) in [6, 6.07) is 29.7. The van der Waals surface area contributed by atoms with Gasteiger partial charge in [0.05, 0.1) is 26.2 Å². The highest BCUT2D eigenvalue weighted by atomic mass is 16.7. The van der Waals surface area contributed by atoms with Crippen LogP contribution in [0.3, 0.4) is 0 Å². The molecule has 0 amide bonds. The summed E-state index contributed by atoms with van der Waals surface area (Å²) in [5, 5.41) is 0. The molecule has 41 heavy (non-hydrogen) atoms. The number of carbonyl (C=O) groups excluding carboxylic acids is 1. The van der Waals surface area contributed by atoms with Crippen molar-refractivity contribution < 1.29 is 33.2 Å². The normalized spacial score (nSPS) is 23.0. The van der Waals surface area contributed by atoms with Gasteiger partial charge >= 0.3 is 5.97 Å². The maximum Gasteiger partial charge on any atom is 0.306 e. The molecular formula is C34H40O7. The van der Waals surface area contributed by atoms with E-state index in [0.29, 0.717) is 19.8 Å². The molecule has 0 N–H and O–H groups in total. The van der Waals surface area contributed by atoms with Crippen molar-refractivity contribution in [2.45, 2.75) is 63.9 Å². The molecule has 218 valence electrons. The Hall–Kier alpha value is -3.33. The van der Waals surface area contributed by atoms with Crippen molar-refractivity contribution in [3.63, 3.8) is 0 Å². The zero-order valence-electron chi connectivity index (χ0n) is 23.8. The SMILES string of the molecule is C=C[C@H](C)CC(=O)OC[C@H]1O[C@H](OC)[C@H](OCc2ccccc2)[C@@H](OCc2ccccc2)[C@@H]1OCc1ccccc1. The maximum atomic E-state index is 12.6. The van der Waals surface area contributed by atoms with E-state index >= 15 is 0 Å². The summed E-state index contributed by atoms with van der Waals surface area (Å²) in [5.74, 6) is -0.328. The lowest BCUT2D eigenvalue weighted by molar-refractivity contribution is -0.322. The largest absolute Gasteiger partial charge is 0.463 e. The van der Waals surface area contributed by atoms with Crippen LogP contribution in [-0.4, -0.2) is 50.4 Å². The number of allylic oxidation sites excluding steroid dienone is 1. The van der Waals surface area contributed by atoms with Crippen LogP contribution in [0.1, 0.15) is 30.0 Å². The molecule has 1 aliphatic rings. The molecule has 1 heterocycles. The van der Waals surface area contributed by atoms with Gasteiger partial charge in [0.1, 0.15) is 31.0 Å². The Morgan fingerprint density at radius 3 is 1.71 bits per heavy atom. The van der Waals surface area contributed by atoms with Crippen molar-refractivity contribution in [1.29, 1.82) is 0 Å². The van der Waals surface area contributed by atoms with E-state index in [1.54, 1.807) is 13.2 Å². The predicted octanol–water partition coefficient (Wildman–Crippen LogP) is 5.87. The van der Waals surface area contributed by atoms with Crippen LogP contribution in [0.15, 0.2) is 104 Å². The molecule has 1 aliphatic heterocycles. The number of hydrogen-bond donors (Lipinski definition) is 0. The van der Waals surface area contributed by atoms with Crippen LogP contribution in [0.4, 0.5) is 0 Å². The molecule has 3 aromatic carbocycles. The van der Waals surface area contributed by atoms with E-state index in [2.05, 4.69) is 6.58 Å². The number of hydrogen-bond acceptors (Lipinski definition) is 7. The maximum absolute atomic E-state index is 12.6. The molecule has 0 aromatic heterocycles. The van der Waals surface area contributed by atoms with Gasteiger partial charge in [0.15, 0.2) is 6.29 Å². The number of esters is 1. The Bertz CT molecular complexity index is 1170. The Balaban J connectivity index is 1.59. The van der Waals surface area contributed by atoms with Gasteiger partial charge < -0.3 is 28.4 Å². The molecule has 7 nitrogen and oxygen atoms in total. The third-order valence-corrected chi connectivity index (χ3v) is 6.98. The van der Waals surface area contributed by atoms with Gasteiger partial charge in [-0.2, -0.15) is 0 Å². The Kier molecular flexibility index (Phi) is 12.1. The molecule has 7 heteroatoms. The topological polar surface area (TPSA) is 72.5 Å². The van der Waals surface area contributed by atoms with Crippen LogP contribution in [0.2, 0.25) is 0 Å². The van der Waals surface area contributed by atoms with E-state index in [9.17, 15) is 4.79 Å². The van der Waals surface area contributed by atoms with Crippen LogP contribution in [0.25, 0.3) is 0 Å². The summed E-state index contributed by atoms with van der Waals surface area (Å²) in [6.07, 6.45) is -1.27. The van der Waals surface area contributed by atoms with E-state index in [0.717, 1.165) is 16.7 Å². The molecule has 6 atom stereocenters. The smallest absolute Gasteiger partial charge is 0.306 e. The highest BCUT2D eigenvalue weighted by Gasteiger charge is 2.49. The molecule has 0 unspecified atom stereocenters. The van der Waals surface area contributed by atoms with Crippen molar-refractivity contribution in [1.82, 2.24) is 0 Å². The fourth-order valence-electron chi connectivity index (χ4n) is 4.65. The van der Waals surface area contributed by atoms with Gasteiger partial charge in [-0.1, -0.05) is 104 Å². The first-order valence-corrected chi connectivity index (χ1v) is 14.0. The molecule has 1 fully saturated rings. The van der Waals surface area contributed by atoms with E-state index < -0.39 is 30.7 Å². The fourth-order valence-corrected chi connectivity index (χ4v) is 4.65. The average molecular weight is 561 g/mol. The lowest BCUT2D eigenvalue weighted by Crippen LogP contribution is -2.61. The molecule has 0 saturated carbocycles. The van der Waals surface area contributed by atoms with Crippen molar-refractivity contribution in [2.24, 2.45) is 5.92 Å². The minimum absolute atomic E-state index is 0.00402. The standard InChI is InChI=1S/C34H40O7/c1-4-25(2)20-30(35)37-24-29-31(38-21-26-14-8-5-9-15-26)32(39-22-27-16-10-6-11-17-27)33(34(36-3)41-29)40-23-28-18-12-7-13-19-28/h4-19,25,29,31-34H,1,20-24H2,2-3H3/t25-,29+,31+,32-,33+,34-/m0/s1. The first-order valence-electron chi connectivity index (χ1n) is 14.0. The first-order chi connectivity index (χ1) is 20.1. The number of benzene rings is 3. The summed E-state index contributed by atoms with van der Waals surface area (Å²) in [6.45, 7) is 6.65. The molecule has 3 aromatic rings. The average Bonchev–Trinajstić information content (AvgIpc) is 3.02. The van der Waals surface area contributed by atoms with E-state index in [1.165, 1.54) is 0 Å². The van der Waals surface area contributed by atoms with Gasteiger partial charge in [0.25, 0.3) is 0 Å². The zero-order chi connectivity index (χ0) is 28.9. The number of methoxy groups -OCH3 is 1. The van der Waals surface area contributed by atoms with Gasteiger partial charge in [0, 0.05) is 7.11 Å². The summed E-state index contributed by atoms with van der Waals surface area (Å²) in [4.78, 5) is 12.6. The number of carbonyl (C=O) groups is 1. The first kappa shape index (κ1) is 30.6. The molecule has 0 radical (unpaired) electrons. The monoisotopic (exact) mass is 560 g/mol. The van der Waals surface area contributed by atoms with Crippen LogP contribution < -0.4 is 0 Å². The van der Waals surface area contributed by atoms with E-state index in [-0.39, 0.29) is 24.9 Å². The summed E-state index contributed by atoms with van der Waals surface area (Å²) < 4.78 is 37.3. The zero-order valence-corrected chi connectivity index (χ0v) is 23.8. The van der Waals surface area contributed by atoms with Crippen molar-refractivity contribution in [2.75, 3.05) is 13.7 Å². The third-order valence-electron chi connectivity index (χ3n) is 6.98. The van der Waals surface area contributed by atoms with E-state index in [1.807, 2.05) is 97.9 Å². The Morgan fingerprint density at radius 1 is 0.780 bits per heavy atom. The minimum atomic E-state index is -0.771. The van der Waals surface area contributed by atoms with Crippen LogP contribution in [0, 0.1) is 5.92 Å². The highest BCUT2D eigenvalue weighted by molar-refractivity contribution is 5.69. The van der Waals surface area contributed by atoms with Crippen molar-refractivity contribution in [3.05, 3.63) is 120 Å². The number of ether oxygens (including phenoxy) is 6. The van der Waals surface area contributed by atoms with E-state index in [4.69, 9.17) is 28.4 Å². The lowest BCUT2D eigenvalue weighted by Gasteiger charge is -2.45. The molecule has 0 aliphatic carbocycles. The van der Waals surface area contributed by atoms with Gasteiger partial charge in [-0.05, 0) is 22.6 Å². The molecule has 0 bridgehead atoms. The Morgan fingerprint density at radius 2 is 1.24 bits per heavy atom. The summed E-state index contributed by atoms with van der Waals surface area (Å²) in [5.41, 5.74) is 3.02. The van der Waals surface area contributed by atoms with Crippen molar-refractivity contribution in [3.8, 4) is 0 Å². The number of rotatable bonds is 15. The summed E-state index contributed by atoms with van der Waals surface area (Å²) in [7, 11) is 1.57. The van der Waals surface area contributed by atoms with Crippen LogP contribution in [0.5, 0.6) is 0 Å². The van der Waals surface area contributed by atoms with Gasteiger partial charge in [0.2, 0.25) is 0 Å². The molecule has 0 spiro atoms. The van der Waals surface area contributed by atoms with Crippen molar-refractivity contribution >= 4 is 5.97 Å². The van der Waals surface area contributed by atoms with Gasteiger partial charge in [-0.25, -0.2) is 0 Å². The van der Waals surface area contributed by atoms with Gasteiger partial charge in [-0.15, -0.1) is 6.58 Å². The molecule has 1 saturated heterocycles. The quantitative estimate of drug-likeness (QED) is 0.170. The van der Waals surface area contributed by atoms with Crippen LogP contribution in [-0.2, 0) is 53.0 Å². The predicted molar refractivity (Wildman–Crippen MR) is 156 cm³/mol. The lowest BCUT2D eigenvalue weighted by atomic mass is 9.97. The highest BCUT2D eigenvalue weighted by Crippen LogP contribution is 2.31.